The molecule has 2 aliphatic rings. The Hall–Kier alpha value is -1.37. The fraction of sp³-hybridized carbons (Fsp3) is 0.700. The van der Waals surface area contributed by atoms with Gasteiger partial charge in [-0.3, -0.25) is 9.69 Å². The van der Waals surface area contributed by atoms with Gasteiger partial charge in [-0.2, -0.15) is 0 Å². The van der Waals surface area contributed by atoms with E-state index in [0.717, 1.165) is 0 Å². The van der Waals surface area contributed by atoms with Crippen molar-refractivity contribution in [1.29, 1.82) is 0 Å². The van der Waals surface area contributed by atoms with E-state index in [9.17, 15) is 9.59 Å². The smallest absolute Gasteiger partial charge is 0.321 e. The summed E-state index contributed by atoms with van der Waals surface area (Å²) in [7, 11) is 3.49. The molecule has 94 valence electrons. The zero-order valence-electron chi connectivity index (χ0n) is 10.6. The van der Waals surface area contributed by atoms with Gasteiger partial charge in [0, 0.05) is 21.0 Å². The van der Waals surface area contributed by atoms with Crippen LogP contribution in [0.5, 0.6) is 0 Å². The van der Waals surface area contributed by atoms with Crippen LogP contribution in [0.1, 0.15) is 20.8 Å². The van der Waals surface area contributed by atoms with Crippen LogP contribution in [0.2, 0.25) is 0 Å². The summed E-state index contributed by atoms with van der Waals surface area (Å²) in [6, 6.07) is -0.212. The number of carbonyl (C=O) groups excluding carboxylic acids is 2. The van der Waals surface area contributed by atoms with E-state index in [1.165, 1.54) is 11.8 Å². The van der Waals surface area contributed by atoms with Crippen molar-refractivity contribution in [3.8, 4) is 0 Å². The van der Waals surface area contributed by atoms with E-state index in [-0.39, 0.29) is 11.9 Å². The maximum absolute atomic E-state index is 11.8. The van der Waals surface area contributed by atoms with E-state index in [1.807, 2.05) is 13.8 Å². The molecule has 0 saturated carbocycles. The molecular formula is C10H16N4O2S. The Morgan fingerprint density at radius 2 is 1.82 bits per heavy atom. The maximum Gasteiger partial charge on any atom is 0.321 e. The van der Waals surface area contributed by atoms with Crippen LogP contribution in [0, 0.1) is 0 Å². The van der Waals surface area contributed by atoms with Crippen molar-refractivity contribution < 1.29 is 9.59 Å². The lowest BCUT2D eigenvalue weighted by Gasteiger charge is -2.41. The number of hydrogen-bond acceptors (Lipinski definition) is 3. The highest BCUT2D eigenvalue weighted by Crippen LogP contribution is 2.44. The van der Waals surface area contributed by atoms with Crippen LogP contribution in [-0.4, -0.2) is 57.2 Å². The van der Waals surface area contributed by atoms with Gasteiger partial charge in [0.1, 0.15) is 0 Å². The molecule has 0 radical (unpaired) electrons. The molecule has 0 aromatic rings. The lowest BCUT2D eigenvalue weighted by Crippen LogP contribution is -2.63. The second kappa shape index (κ2) is 3.10. The lowest BCUT2D eigenvalue weighted by atomic mass is 9.97. The van der Waals surface area contributed by atoms with E-state index < -0.39 is 11.3 Å². The third kappa shape index (κ3) is 1.07. The van der Waals surface area contributed by atoms with Crippen molar-refractivity contribution in [3.63, 3.8) is 0 Å². The number of nitrogens with zero attached hydrogens (tertiary/aromatic N) is 3. The topological polar surface area (TPSA) is 55.9 Å². The number of hydrogen-bond donors (Lipinski definition) is 1. The Balaban J connectivity index is 2.63. The van der Waals surface area contributed by atoms with E-state index >= 15 is 0 Å². The Morgan fingerprint density at radius 1 is 1.29 bits per heavy atom. The first-order chi connectivity index (χ1) is 7.68. The molecule has 2 atom stereocenters. The monoisotopic (exact) mass is 256 g/mol. The first-order valence-corrected chi connectivity index (χ1v) is 5.73. The molecule has 2 rings (SSSR count). The minimum Gasteiger partial charge on any atom is -0.325 e. The van der Waals surface area contributed by atoms with E-state index in [1.54, 1.807) is 23.9 Å². The van der Waals surface area contributed by atoms with Crippen LogP contribution in [0.25, 0.3) is 0 Å². The summed E-state index contributed by atoms with van der Waals surface area (Å²) >= 11 is 5.28. The van der Waals surface area contributed by atoms with Gasteiger partial charge in [-0.15, -0.1) is 0 Å². The predicted molar refractivity (Wildman–Crippen MR) is 66.0 cm³/mol. The molecule has 1 N–H and O–H groups in total. The molecular weight excluding hydrogens is 240 g/mol. The third-order valence-electron chi connectivity index (χ3n) is 4.12. The standard InChI is InChI=1S/C10H16N4O2S/c1-6(15)14-8(17)13(5)10(3)9(14,2)11-7(16)12(10)4/h1-5H3,(H,11,16)/t9-,10+/m0/s1. The normalized spacial score (nSPS) is 36.4. The molecule has 0 unspecified atom stereocenters. The second-order valence-electron chi connectivity index (χ2n) is 4.78. The van der Waals surface area contributed by atoms with Crippen molar-refractivity contribution in [2.75, 3.05) is 14.1 Å². The highest BCUT2D eigenvalue weighted by molar-refractivity contribution is 7.80. The summed E-state index contributed by atoms with van der Waals surface area (Å²) < 4.78 is 0. The van der Waals surface area contributed by atoms with Gasteiger partial charge in [-0.25, -0.2) is 4.79 Å². The number of carbonyl (C=O) groups is 2. The molecule has 3 amide bonds. The molecule has 0 spiro atoms. The van der Waals surface area contributed by atoms with Crippen molar-refractivity contribution >= 4 is 29.3 Å². The number of rotatable bonds is 0. The van der Waals surface area contributed by atoms with Gasteiger partial charge in [-0.1, -0.05) is 0 Å². The fourth-order valence-electron chi connectivity index (χ4n) is 2.73. The number of amides is 3. The second-order valence-corrected chi connectivity index (χ2v) is 5.14. The molecule has 2 saturated heterocycles. The van der Waals surface area contributed by atoms with Gasteiger partial charge in [0.25, 0.3) is 0 Å². The third-order valence-corrected chi connectivity index (χ3v) is 4.58. The van der Waals surface area contributed by atoms with Crippen LogP contribution >= 0.6 is 12.2 Å². The van der Waals surface area contributed by atoms with E-state index in [0.29, 0.717) is 5.11 Å². The Kier molecular flexibility index (Phi) is 2.20. The van der Waals surface area contributed by atoms with Crippen molar-refractivity contribution in [3.05, 3.63) is 0 Å². The minimum atomic E-state index is -0.837. The molecule has 2 heterocycles. The Bertz CT molecular complexity index is 440. The van der Waals surface area contributed by atoms with Gasteiger partial charge in [-0.05, 0) is 26.1 Å². The van der Waals surface area contributed by atoms with Crippen LogP contribution in [0.3, 0.4) is 0 Å². The van der Waals surface area contributed by atoms with Gasteiger partial charge in [0.15, 0.2) is 16.4 Å². The predicted octanol–water partition coefficient (Wildman–Crippen LogP) is 0.153. The minimum absolute atomic E-state index is 0.177. The molecule has 2 aliphatic heterocycles. The maximum atomic E-state index is 11.8. The molecule has 17 heavy (non-hydrogen) atoms. The zero-order chi connectivity index (χ0) is 13.2. The Labute approximate surface area is 106 Å². The van der Waals surface area contributed by atoms with Crippen molar-refractivity contribution in [1.82, 2.24) is 20.0 Å². The van der Waals surface area contributed by atoms with Gasteiger partial charge in [0.05, 0.1) is 0 Å². The summed E-state index contributed by atoms with van der Waals surface area (Å²) in [6.07, 6.45) is 0. The average Bonchev–Trinajstić information content (AvgIpc) is 2.47. The molecule has 0 aliphatic carbocycles. The molecule has 0 bridgehead atoms. The van der Waals surface area contributed by atoms with Gasteiger partial charge in [0.2, 0.25) is 5.91 Å². The number of nitrogens with one attached hydrogen (secondary N) is 1. The highest BCUT2D eigenvalue weighted by Gasteiger charge is 2.68. The van der Waals surface area contributed by atoms with Gasteiger partial charge < -0.3 is 15.1 Å². The first kappa shape index (κ1) is 12.1. The van der Waals surface area contributed by atoms with Gasteiger partial charge >= 0.3 is 6.03 Å². The van der Waals surface area contributed by atoms with Crippen molar-refractivity contribution in [2.24, 2.45) is 0 Å². The SMILES string of the molecule is CC(=O)N1C(=S)N(C)[C@@]2(C)N(C)C(=O)N[C@@]12C. The average molecular weight is 256 g/mol. The quantitative estimate of drug-likeness (QED) is 0.627. The van der Waals surface area contributed by atoms with Crippen molar-refractivity contribution in [2.45, 2.75) is 32.1 Å². The zero-order valence-corrected chi connectivity index (χ0v) is 11.4. The molecule has 0 aromatic carbocycles. The van der Waals surface area contributed by atoms with Crippen LogP contribution in [0.4, 0.5) is 4.79 Å². The highest BCUT2D eigenvalue weighted by atomic mass is 32.1. The molecule has 6 nitrogen and oxygen atoms in total. The largest absolute Gasteiger partial charge is 0.325 e. The number of thiocarbonyl (C=S) groups is 1. The van der Waals surface area contributed by atoms with Crippen LogP contribution in [-0.2, 0) is 4.79 Å². The lowest BCUT2D eigenvalue weighted by molar-refractivity contribution is -0.130. The molecule has 0 aromatic heterocycles. The first-order valence-electron chi connectivity index (χ1n) is 5.32. The summed E-state index contributed by atoms with van der Waals surface area (Å²) in [6.45, 7) is 5.15. The summed E-state index contributed by atoms with van der Waals surface area (Å²) in [5.41, 5.74) is -1.51. The van der Waals surface area contributed by atoms with E-state index in [2.05, 4.69) is 5.32 Å². The summed E-state index contributed by atoms with van der Waals surface area (Å²) in [4.78, 5) is 28.4. The summed E-state index contributed by atoms with van der Waals surface area (Å²) in [5, 5.41) is 3.26. The van der Waals surface area contributed by atoms with E-state index in [4.69, 9.17) is 12.2 Å². The molecule has 2 fully saturated rings. The van der Waals surface area contributed by atoms with Crippen LogP contribution < -0.4 is 5.32 Å². The number of fused-ring (bicyclic) bond motifs is 1. The fourth-order valence-corrected chi connectivity index (χ4v) is 3.22. The Morgan fingerprint density at radius 3 is 2.29 bits per heavy atom. The summed E-state index contributed by atoms with van der Waals surface area (Å²) in [5.74, 6) is -0.177. The van der Waals surface area contributed by atoms with Crippen LogP contribution in [0.15, 0.2) is 0 Å². The molecule has 7 heteroatoms. The number of likely N-dealkylation sites (N-methyl/N-ethyl adjacent to an activating group) is 2. The number of urea groups is 1.